The molecule has 38 heavy (non-hydrogen) atoms. The summed E-state index contributed by atoms with van der Waals surface area (Å²) < 4.78 is 0. The minimum atomic E-state index is 0. The van der Waals surface area contributed by atoms with Crippen LogP contribution in [0.1, 0.15) is 201 Å². The Morgan fingerprint density at radius 3 is 0.842 bits per heavy atom. The van der Waals surface area contributed by atoms with Crippen molar-refractivity contribution in [3.05, 3.63) is 12.2 Å². The molecule has 0 aromatic heterocycles. The van der Waals surface area contributed by atoms with Crippen LogP contribution in [0.2, 0.25) is 0 Å². The van der Waals surface area contributed by atoms with Gasteiger partial charge >= 0.3 is 0 Å². The average molecular weight is 556 g/mol. The van der Waals surface area contributed by atoms with Gasteiger partial charge in [-0.3, -0.25) is 0 Å². The van der Waals surface area contributed by atoms with Crippen molar-refractivity contribution in [2.75, 3.05) is 19.6 Å². The van der Waals surface area contributed by atoms with Gasteiger partial charge in [-0.05, 0) is 38.7 Å². The molecule has 0 bridgehead atoms. The predicted molar refractivity (Wildman–Crippen MR) is 171 cm³/mol. The fourth-order valence-corrected chi connectivity index (χ4v) is 5.75. The highest BCUT2D eigenvalue weighted by atomic mass is 35.5. The van der Waals surface area contributed by atoms with Crippen molar-refractivity contribution >= 4 is 0 Å². The second-order valence-electron chi connectivity index (χ2n) is 12.2. The number of rotatable bonds is 32. The maximum absolute atomic E-state index is 2.39. The van der Waals surface area contributed by atoms with E-state index >= 15 is 0 Å². The summed E-state index contributed by atoms with van der Waals surface area (Å²) in [4.78, 5) is 1.83. The zero-order valence-corrected chi connectivity index (χ0v) is 27.7. The quantitative estimate of drug-likeness (QED) is 0.0627. The molecule has 0 saturated carbocycles. The van der Waals surface area contributed by atoms with E-state index in [2.05, 4.69) is 32.9 Å². The summed E-state index contributed by atoms with van der Waals surface area (Å²) in [6.07, 6.45) is 45.5. The Labute approximate surface area is 249 Å². The largest absolute Gasteiger partial charge is 1.00 e. The van der Waals surface area contributed by atoms with Gasteiger partial charge in [-0.25, -0.2) is 0 Å². The number of halogens is 1. The van der Waals surface area contributed by atoms with Gasteiger partial charge in [0, 0.05) is 0 Å². The summed E-state index contributed by atoms with van der Waals surface area (Å²) >= 11 is 0. The Hall–Kier alpha value is -0.0100. The Morgan fingerprint density at radius 1 is 0.368 bits per heavy atom. The average Bonchev–Trinajstić information content (AvgIpc) is 2.91. The van der Waals surface area contributed by atoms with E-state index in [0.29, 0.717) is 0 Å². The molecule has 0 aliphatic carbocycles. The lowest BCUT2D eigenvalue weighted by atomic mass is 10.0. The molecule has 0 heterocycles. The van der Waals surface area contributed by atoms with Crippen LogP contribution >= 0.6 is 0 Å². The third kappa shape index (κ3) is 34.0. The Balaban J connectivity index is 0. The first-order chi connectivity index (χ1) is 18.3. The van der Waals surface area contributed by atoms with E-state index in [1.807, 2.05) is 4.90 Å². The second-order valence-corrected chi connectivity index (χ2v) is 12.2. The van der Waals surface area contributed by atoms with Crippen LogP contribution < -0.4 is 17.3 Å². The first kappa shape index (κ1) is 40.1. The minimum absolute atomic E-state index is 0. The lowest BCUT2D eigenvalue weighted by Gasteiger charge is -2.18. The number of hydrogen-bond donors (Lipinski definition) is 1. The van der Waals surface area contributed by atoms with Crippen molar-refractivity contribution in [2.24, 2.45) is 0 Å². The SMILES string of the molecule is CC=CC[NH+](CCCCCCCCCCCCCCCC)CCCCCCCCCCCCCCCC.[Cl-]. The molecule has 1 nitrogen and oxygen atoms in total. The normalized spacial score (nSPS) is 11.6. The van der Waals surface area contributed by atoms with Gasteiger partial charge in [0.2, 0.25) is 0 Å². The van der Waals surface area contributed by atoms with Crippen LogP contribution in [-0.4, -0.2) is 19.6 Å². The van der Waals surface area contributed by atoms with E-state index < -0.39 is 0 Å². The van der Waals surface area contributed by atoms with Crippen molar-refractivity contribution < 1.29 is 17.3 Å². The summed E-state index contributed by atoms with van der Waals surface area (Å²) in [5.74, 6) is 0. The van der Waals surface area contributed by atoms with Gasteiger partial charge in [-0.2, -0.15) is 0 Å². The molecule has 1 N–H and O–H groups in total. The first-order valence-electron chi connectivity index (χ1n) is 17.8. The molecular formula is C36H74ClN. The Bertz CT molecular complexity index is 390. The van der Waals surface area contributed by atoms with Gasteiger partial charge in [0.15, 0.2) is 0 Å². The van der Waals surface area contributed by atoms with E-state index in [0.717, 1.165) is 0 Å². The molecule has 0 amide bonds. The number of hydrogen-bond acceptors (Lipinski definition) is 0. The molecule has 0 unspecified atom stereocenters. The number of unbranched alkanes of at least 4 members (excludes halogenated alkanes) is 26. The van der Waals surface area contributed by atoms with Gasteiger partial charge in [-0.15, -0.1) is 0 Å². The molecule has 0 fully saturated rings. The smallest absolute Gasteiger partial charge is 0.0957 e. The molecule has 0 aliphatic heterocycles. The second kappa shape index (κ2) is 37.0. The fourth-order valence-electron chi connectivity index (χ4n) is 5.75. The monoisotopic (exact) mass is 556 g/mol. The first-order valence-corrected chi connectivity index (χ1v) is 17.8. The third-order valence-electron chi connectivity index (χ3n) is 8.41. The zero-order valence-electron chi connectivity index (χ0n) is 27.0. The van der Waals surface area contributed by atoms with Crippen molar-refractivity contribution in [1.29, 1.82) is 0 Å². The van der Waals surface area contributed by atoms with Crippen molar-refractivity contribution in [3.8, 4) is 0 Å². The molecule has 230 valence electrons. The summed E-state index contributed by atoms with van der Waals surface area (Å²) in [7, 11) is 0. The zero-order chi connectivity index (χ0) is 26.9. The van der Waals surface area contributed by atoms with Crippen LogP contribution in [0, 0.1) is 0 Å². The van der Waals surface area contributed by atoms with Gasteiger partial charge in [0.05, 0.1) is 19.6 Å². The summed E-state index contributed by atoms with van der Waals surface area (Å²) in [6, 6.07) is 0. The van der Waals surface area contributed by atoms with Crippen LogP contribution in [0.3, 0.4) is 0 Å². The number of allylic oxidation sites excluding steroid dienone is 1. The van der Waals surface area contributed by atoms with E-state index in [4.69, 9.17) is 0 Å². The number of nitrogens with one attached hydrogen (secondary N) is 1. The molecule has 0 spiro atoms. The van der Waals surface area contributed by atoms with Crippen molar-refractivity contribution in [3.63, 3.8) is 0 Å². The van der Waals surface area contributed by atoms with Gasteiger partial charge in [-0.1, -0.05) is 174 Å². The standard InChI is InChI=1S/C36H73N.ClH/c1-4-7-10-12-14-16-18-20-22-24-26-28-30-32-35-37(34-9-6-3)36-33-31-29-27-25-23-21-19-17-15-13-11-8-5-2;/h6,9H,4-5,7-8,10-36H2,1-3H3;1H. The summed E-state index contributed by atoms with van der Waals surface area (Å²) in [5, 5.41) is 0. The van der Waals surface area contributed by atoms with Crippen LogP contribution in [0.15, 0.2) is 12.2 Å². The summed E-state index contributed by atoms with van der Waals surface area (Å²) in [5.41, 5.74) is 0. The van der Waals surface area contributed by atoms with Gasteiger partial charge < -0.3 is 17.3 Å². The minimum Gasteiger partial charge on any atom is -1.00 e. The lowest BCUT2D eigenvalue weighted by molar-refractivity contribution is -0.894. The highest BCUT2D eigenvalue weighted by Gasteiger charge is 2.06. The lowest BCUT2D eigenvalue weighted by Crippen LogP contribution is -3.11. The molecular weight excluding hydrogens is 482 g/mol. The Morgan fingerprint density at radius 2 is 0.605 bits per heavy atom. The molecule has 0 saturated heterocycles. The van der Waals surface area contributed by atoms with Crippen LogP contribution in [0.5, 0.6) is 0 Å². The third-order valence-corrected chi connectivity index (χ3v) is 8.41. The maximum Gasteiger partial charge on any atom is 0.0957 e. The molecule has 2 heteroatoms. The van der Waals surface area contributed by atoms with Crippen LogP contribution in [0.25, 0.3) is 0 Å². The summed E-state index contributed by atoms with van der Waals surface area (Å²) in [6.45, 7) is 10.8. The number of quaternary nitrogens is 1. The van der Waals surface area contributed by atoms with E-state index in [1.165, 1.54) is 199 Å². The highest BCUT2D eigenvalue weighted by molar-refractivity contribution is 4.75. The van der Waals surface area contributed by atoms with E-state index in [1.54, 1.807) is 0 Å². The molecule has 0 aromatic rings. The topological polar surface area (TPSA) is 4.44 Å². The van der Waals surface area contributed by atoms with Crippen molar-refractivity contribution in [2.45, 2.75) is 201 Å². The predicted octanol–water partition coefficient (Wildman–Crippen LogP) is 8.41. The molecule has 0 radical (unpaired) electrons. The van der Waals surface area contributed by atoms with Crippen molar-refractivity contribution in [1.82, 2.24) is 0 Å². The van der Waals surface area contributed by atoms with E-state index in [9.17, 15) is 0 Å². The van der Waals surface area contributed by atoms with Crippen LogP contribution in [0.4, 0.5) is 0 Å². The molecule has 0 aromatic carbocycles. The van der Waals surface area contributed by atoms with E-state index in [-0.39, 0.29) is 12.4 Å². The van der Waals surface area contributed by atoms with Crippen LogP contribution in [-0.2, 0) is 0 Å². The molecule has 0 aliphatic rings. The highest BCUT2D eigenvalue weighted by Crippen LogP contribution is 2.14. The Kier molecular flexibility index (Phi) is 39.1. The van der Waals surface area contributed by atoms with Gasteiger partial charge in [0.1, 0.15) is 0 Å². The molecule has 0 rings (SSSR count). The molecule has 0 atom stereocenters. The maximum atomic E-state index is 2.39. The fraction of sp³-hybridized carbons (Fsp3) is 0.944. The van der Waals surface area contributed by atoms with Gasteiger partial charge in [0.25, 0.3) is 0 Å².